The van der Waals surface area contributed by atoms with Gasteiger partial charge in [-0.05, 0) is 30.7 Å². The van der Waals surface area contributed by atoms with E-state index in [9.17, 15) is 22.0 Å². The van der Waals surface area contributed by atoms with Gasteiger partial charge in [-0.1, -0.05) is 6.07 Å². The molecule has 0 radical (unpaired) electrons. The predicted molar refractivity (Wildman–Crippen MR) is 138 cm³/mol. The number of carbonyl (C=O) groups is 1. The summed E-state index contributed by atoms with van der Waals surface area (Å²) in [7, 11) is -0.351. The van der Waals surface area contributed by atoms with Gasteiger partial charge in [0.25, 0.3) is 5.92 Å². The van der Waals surface area contributed by atoms with Crippen molar-refractivity contribution in [3.63, 3.8) is 0 Å². The number of anilines is 3. The van der Waals surface area contributed by atoms with Crippen molar-refractivity contribution in [2.75, 3.05) is 22.9 Å². The van der Waals surface area contributed by atoms with Gasteiger partial charge < -0.3 is 5.32 Å². The third-order valence-corrected chi connectivity index (χ3v) is 7.75. The van der Waals surface area contributed by atoms with Gasteiger partial charge in [-0.25, -0.2) is 17.2 Å². The van der Waals surface area contributed by atoms with Crippen molar-refractivity contribution in [3.05, 3.63) is 48.0 Å². The topological polar surface area (TPSA) is 110 Å². The van der Waals surface area contributed by atoms with E-state index in [0.717, 1.165) is 23.1 Å². The molecule has 1 saturated carbocycles. The Morgan fingerprint density at radius 1 is 1.24 bits per heavy atom. The molecule has 1 aliphatic heterocycles. The lowest BCUT2D eigenvalue weighted by atomic mass is 10.1. The van der Waals surface area contributed by atoms with Gasteiger partial charge in [-0.3, -0.25) is 23.8 Å². The van der Waals surface area contributed by atoms with E-state index in [2.05, 4.69) is 20.4 Å². The molecule has 1 atom stereocenters. The molecule has 12 heteroatoms. The molecule has 1 fully saturated rings. The molecule has 0 bridgehead atoms. The number of ketones is 1. The Morgan fingerprint density at radius 3 is 2.59 bits per heavy atom. The average Bonchev–Trinajstić information content (AvgIpc) is 3.09. The number of aliphatic imine (C=N–C) groups is 1. The van der Waals surface area contributed by atoms with E-state index < -0.39 is 34.1 Å². The summed E-state index contributed by atoms with van der Waals surface area (Å²) >= 11 is 0. The van der Waals surface area contributed by atoms with Gasteiger partial charge in [0.2, 0.25) is 10.0 Å². The number of aromatic nitrogens is 3. The predicted octanol–water partition coefficient (Wildman–Crippen LogP) is 4.04. The summed E-state index contributed by atoms with van der Waals surface area (Å²) in [6, 6.07) is 6.97. The van der Waals surface area contributed by atoms with Crippen LogP contribution in [0.5, 0.6) is 0 Å². The third kappa shape index (κ3) is 4.97. The van der Waals surface area contributed by atoms with E-state index in [-0.39, 0.29) is 6.42 Å². The maximum Gasteiger partial charge on any atom is 0.258 e. The Kier molecular flexibility index (Phi) is 5.89. The minimum Gasteiger partial charge on any atom is -0.352 e. The summed E-state index contributed by atoms with van der Waals surface area (Å²) < 4.78 is 54.6. The van der Waals surface area contributed by atoms with Crippen LogP contribution >= 0.6 is 0 Å². The number of nitrogens with one attached hydrogen (secondary N) is 1. The van der Waals surface area contributed by atoms with Gasteiger partial charge in [-0.2, -0.15) is 5.10 Å². The maximum atomic E-state index is 13.4. The molecule has 0 amide bonds. The first kappa shape index (κ1) is 25.0. The number of fused-ring (bicyclic) bond motifs is 1. The molecule has 0 spiro atoms. The first-order chi connectivity index (χ1) is 17.3. The van der Waals surface area contributed by atoms with Crippen LogP contribution in [0.3, 0.4) is 0 Å². The minimum absolute atomic E-state index is 0.211. The van der Waals surface area contributed by atoms with Crippen molar-refractivity contribution in [2.24, 2.45) is 18.0 Å². The Labute approximate surface area is 213 Å². The molecule has 3 aromatic rings. The number of hydrogen-bond donors (Lipinski definition) is 1. The summed E-state index contributed by atoms with van der Waals surface area (Å²) in [4.78, 5) is 21.5. The first-order valence-electron chi connectivity index (χ1n) is 11.6. The van der Waals surface area contributed by atoms with Crippen molar-refractivity contribution < 1.29 is 22.0 Å². The average molecular weight is 529 g/mol. The molecule has 1 aromatic carbocycles. The van der Waals surface area contributed by atoms with Crippen LogP contribution in [0.15, 0.2) is 41.7 Å². The maximum absolute atomic E-state index is 13.4. The number of aryl methyl sites for hydroxylation is 1. The molecule has 9 nitrogen and oxygen atoms in total. The van der Waals surface area contributed by atoms with E-state index in [1.54, 1.807) is 36.1 Å². The Morgan fingerprint density at radius 2 is 1.97 bits per heavy atom. The number of sulfonamides is 1. The highest BCUT2D eigenvalue weighted by atomic mass is 32.2. The van der Waals surface area contributed by atoms with Crippen molar-refractivity contribution >= 4 is 44.3 Å². The lowest BCUT2D eigenvalue weighted by molar-refractivity contribution is -0.121. The molecule has 2 aromatic heterocycles. The van der Waals surface area contributed by atoms with E-state index in [1.807, 2.05) is 19.2 Å². The SMILES string of the molecule is CC1=Nc2c(Nc3ccc(-c4cnn(C)c4)cc3N(C)S(C)(=O)=O)cc(CC(=O)C3CC3(F)F)nc2C1. The molecular formula is C25H26F2N6O3S. The number of alkyl halides is 2. The van der Waals surface area contributed by atoms with Gasteiger partial charge in [0, 0.05) is 50.8 Å². The van der Waals surface area contributed by atoms with Crippen LogP contribution in [0.25, 0.3) is 11.1 Å². The zero-order chi connectivity index (χ0) is 26.7. The number of halogens is 2. The van der Waals surface area contributed by atoms with Gasteiger partial charge in [0.05, 0.1) is 46.8 Å². The number of benzene rings is 1. The number of nitrogens with zero attached hydrogens (tertiary/aromatic N) is 5. The normalized spacial score (nSPS) is 17.8. The van der Waals surface area contributed by atoms with Crippen molar-refractivity contribution in [3.8, 4) is 11.1 Å². The van der Waals surface area contributed by atoms with Gasteiger partial charge in [0.1, 0.15) is 11.5 Å². The number of rotatable bonds is 8. The zero-order valence-electron chi connectivity index (χ0n) is 20.8. The lowest BCUT2D eigenvalue weighted by Crippen LogP contribution is -2.25. The monoisotopic (exact) mass is 528 g/mol. The van der Waals surface area contributed by atoms with Crippen LogP contribution in [0, 0.1) is 5.92 Å². The fourth-order valence-electron chi connectivity index (χ4n) is 4.39. The van der Waals surface area contributed by atoms with Gasteiger partial charge in [0.15, 0.2) is 0 Å². The molecule has 1 unspecified atom stereocenters. The molecule has 5 rings (SSSR count). The summed E-state index contributed by atoms with van der Waals surface area (Å²) in [5, 5.41) is 7.46. The second-order valence-electron chi connectivity index (χ2n) is 9.63. The second kappa shape index (κ2) is 8.72. The highest BCUT2D eigenvalue weighted by Gasteiger charge is 2.60. The highest BCUT2D eigenvalue weighted by Crippen LogP contribution is 2.49. The largest absolute Gasteiger partial charge is 0.352 e. The number of hydrogen-bond acceptors (Lipinski definition) is 7. The molecule has 37 heavy (non-hydrogen) atoms. The van der Waals surface area contributed by atoms with Crippen LogP contribution in [-0.4, -0.2) is 53.9 Å². The molecule has 0 saturated heterocycles. The standard InChI is InChI=1S/C25H26F2N6O3S/c1-14-7-20-24(29-14)21(9-17(30-20)10-23(34)18-11-25(18,26)27)31-19-6-5-15(16-12-28-32(2)13-16)8-22(19)33(3)37(4,35)36/h5-6,8-9,12-13,18H,7,10-11H2,1-4H3,(H,30,31). The van der Waals surface area contributed by atoms with Crippen LogP contribution < -0.4 is 9.62 Å². The van der Waals surface area contributed by atoms with Crippen LogP contribution in [0.2, 0.25) is 0 Å². The van der Waals surface area contributed by atoms with Crippen LogP contribution in [-0.2, 0) is 34.7 Å². The van der Waals surface area contributed by atoms with E-state index >= 15 is 0 Å². The molecule has 1 N–H and O–H groups in total. The molecule has 3 heterocycles. The van der Waals surface area contributed by atoms with Crippen LogP contribution in [0.4, 0.5) is 31.5 Å². The Hall–Kier alpha value is -3.67. The van der Waals surface area contributed by atoms with E-state index in [0.29, 0.717) is 40.6 Å². The number of Topliss-reactive ketones (excluding diaryl/α,β-unsaturated/α-hetero) is 1. The number of pyridine rings is 1. The van der Waals surface area contributed by atoms with Gasteiger partial charge in [-0.15, -0.1) is 0 Å². The first-order valence-corrected chi connectivity index (χ1v) is 13.5. The Bertz CT molecular complexity index is 1560. The smallest absolute Gasteiger partial charge is 0.258 e. The highest BCUT2D eigenvalue weighted by molar-refractivity contribution is 7.92. The summed E-state index contributed by atoms with van der Waals surface area (Å²) in [6.45, 7) is 1.85. The van der Waals surface area contributed by atoms with Gasteiger partial charge >= 0.3 is 0 Å². The summed E-state index contributed by atoms with van der Waals surface area (Å²) in [5.74, 6) is -4.74. The molecular weight excluding hydrogens is 502 g/mol. The van der Waals surface area contributed by atoms with Crippen molar-refractivity contribution in [1.29, 1.82) is 0 Å². The Balaban J connectivity index is 1.54. The molecule has 1 aliphatic carbocycles. The number of carbonyl (C=O) groups excluding carboxylic acids is 1. The zero-order valence-corrected chi connectivity index (χ0v) is 21.6. The minimum atomic E-state index is -3.61. The van der Waals surface area contributed by atoms with E-state index in [1.165, 1.54) is 11.4 Å². The lowest BCUT2D eigenvalue weighted by Gasteiger charge is -2.22. The molecule has 2 aliphatic rings. The molecule has 194 valence electrons. The fraction of sp³-hybridized carbons (Fsp3) is 0.360. The van der Waals surface area contributed by atoms with Crippen molar-refractivity contribution in [1.82, 2.24) is 14.8 Å². The summed E-state index contributed by atoms with van der Waals surface area (Å²) in [5.41, 5.74) is 5.39. The quantitative estimate of drug-likeness (QED) is 0.473. The fourth-order valence-corrected chi connectivity index (χ4v) is 4.90. The summed E-state index contributed by atoms with van der Waals surface area (Å²) in [6.07, 6.45) is 4.47. The van der Waals surface area contributed by atoms with Crippen LogP contribution in [0.1, 0.15) is 24.7 Å². The van der Waals surface area contributed by atoms with E-state index in [4.69, 9.17) is 0 Å². The third-order valence-electron chi connectivity index (χ3n) is 6.56. The second-order valence-corrected chi connectivity index (χ2v) is 11.6. The van der Waals surface area contributed by atoms with Crippen molar-refractivity contribution in [2.45, 2.75) is 32.1 Å².